The molecule has 9 heteroatoms. The van der Waals surface area contributed by atoms with Gasteiger partial charge in [0.05, 0.1) is 21.5 Å². The average Bonchev–Trinajstić information content (AvgIpc) is 2.89. The van der Waals surface area contributed by atoms with Crippen LogP contribution in [0.25, 0.3) is 0 Å². The summed E-state index contributed by atoms with van der Waals surface area (Å²) in [5, 5.41) is 9.06. The second-order valence-corrected chi connectivity index (χ2v) is 6.55. The summed E-state index contributed by atoms with van der Waals surface area (Å²) in [6.07, 6.45) is 0. The van der Waals surface area contributed by atoms with Gasteiger partial charge in [0, 0.05) is 0 Å². The number of nitrogens with one attached hydrogen (secondary N) is 1. The molecule has 21 heavy (non-hydrogen) atoms. The van der Waals surface area contributed by atoms with Crippen molar-refractivity contribution in [1.82, 2.24) is 4.72 Å². The number of furan rings is 1. The fourth-order valence-corrected chi connectivity index (χ4v) is 2.86. The van der Waals surface area contributed by atoms with Crippen LogP contribution in [0, 0.1) is 0 Å². The molecule has 0 aliphatic carbocycles. The van der Waals surface area contributed by atoms with Crippen molar-refractivity contribution in [3.63, 3.8) is 0 Å². The summed E-state index contributed by atoms with van der Waals surface area (Å²) in [7, 11) is -3.81. The lowest BCUT2D eigenvalue weighted by Gasteiger charge is -2.06. The third-order valence-corrected chi connectivity index (χ3v) is 4.65. The topological polar surface area (TPSA) is 96.6 Å². The van der Waals surface area contributed by atoms with Gasteiger partial charge in [-0.3, -0.25) is 0 Å². The van der Waals surface area contributed by atoms with E-state index in [1.807, 2.05) is 0 Å². The van der Waals surface area contributed by atoms with Crippen LogP contribution in [0.3, 0.4) is 0 Å². The second-order valence-electron chi connectivity index (χ2n) is 3.97. The zero-order valence-electron chi connectivity index (χ0n) is 10.3. The van der Waals surface area contributed by atoms with Gasteiger partial charge in [-0.05, 0) is 30.3 Å². The van der Waals surface area contributed by atoms with Gasteiger partial charge in [0.25, 0.3) is 0 Å². The molecule has 0 radical (unpaired) electrons. The molecule has 0 saturated heterocycles. The number of carboxylic acid groups (broad SMARTS) is 1. The first kappa shape index (κ1) is 15.8. The summed E-state index contributed by atoms with van der Waals surface area (Å²) in [5.74, 6) is -1.32. The van der Waals surface area contributed by atoms with Crippen molar-refractivity contribution < 1.29 is 22.7 Å². The third kappa shape index (κ3) is 3.76. The molecule has 0 spiro atoms. The predicted octanol–water partition coefficient (Wildman–Crippen LogP) is 2.76. The highest BCUT2D eigenvalue weighted by Gasteiger charge is 2.17. The quantitative estimate of drug-likeness (QED) is 0.864. The summed E-state index contributed by atoms with van der Waals surface area (Å²) in [6.45, 7) is -0.185. The van der Waals surface area contributed by atoms with Crippen LogP contribution in [0.15, 0.2) is 39.6 Å². The van der Waals surface area contributed by atoms with Crippen molar-refractivity contribution in [3.05, 3.63) is 51.9 Å². The van der Waals surface area contributed by atoms with Crippen molar-refractivity contribution in [2.45, 2.75) is 11.4 Å². The number of aromatic carboxylic acids is 1. The molecule has 1 heterocycles. The van der Waals surface area contributed by atoms with E-state index in [-0.39, 0.29) is 33.0 Å². The van der Waals surface area contributed by atoms with Gasteiger partial charge in [-0.25, -0.2) is 17.9 Å². The maximum Gasteiger partial charge on any atom is 0.371 e. The molecule has 1 aromatic carbocycles. The monoisotopic (exact) mass is 349 g/mol. The molecule has 0 unspecified atom stereocenters. The molecule has 0 atom stereocenters. The van der Waals surface area contributed by atoms with Gasteiger partial charge in [-0.15, -0.1) is 0 Å². The minimum Gasteiger partial charge on any atom is -0.475 e. The Morgan fingerprint density at radius 2 is 1.90 bits per heavy atom. The van der Waals surface area contributed by atoms with Crippen LogP contribution < -0.4 is 4.72 Å². The largest absolute Gasteiger partial charge is 0.475 e. The van der Waals surface area contributed by atoms with Gasteiger partial charge in [-0.1, -0.05) is 23.2 Å². The number of hydrogen-bond donors (Lipinski definition) is 2. The molecule has 0 fully saturated rings. The number of rotatable bonds is 5. The number of sulfonamides is 1. The Morgan fingerprint density at radius 1 is 1.19 bits per heavy atom. The highest BCUT2D eigenvalue weighted by Crippen LogP contribution is 2.24. The van der Waals surface area contributed by atoms with Gasteiger partial charge < -0.3 is 9.52 Å². The third-order valence-electron chi connectivity index (χ3n) is 2.51. The molecule has 112 valence electrons. The molecule has 2 rings (SSSR count). The first-order chi connectivity index (χ1) is 9.79. The van der Waals surface area contributed by atoms with Crippen molar-refractivity contribution in [1.29, 1.82) is 0 Å². The van der Waals surface area contributed by atoms with Crippen LogP contribution in [0.4, 0.5) is 0 Å². The van der Waals surface area contributed by atoms with E-state index in [0.29, 0.717) is 0 Å². The van der Waals surface area contributed by atoms with Crippen molar-refractivity contribution >= 4 is 39.2 Å². The zero-order chi connectivity index (χ0) is 15.6. The maximum atomic E-state index is 12.0. The second kappa shape index (κ2) is 6.07. The number of hydrogen-bond acceptors (Lipinski definition) is 4. The Morgan fingerprint density at radius 3 is 2.48 bits per heavy atom. The van der Waals surface area contributed by atoms with Gasteiger partial charge in [0.1, 0.15) is 5.76 Å². The summed E-state index contributed by atoms with van der Waals surface area (Å²) < 4.78 is 31.3. The van der Waals surface area contributed by atoms with Crippen molar-refractivity contribution in [2.24, 2.45) is 0 Å². The Bertz CT molecular complexity index is 785. The normalized spacial score (nSPS) is 11.5. The van der Waals surface area contributed by atoms with Crippen LogP contribution in [0.5, 0.6) is 0 Å². The van der Waals surface area contributed by atoms with Crippen LogP contribution in [0.2, 0.25) is 10.0 Å². The highest BCUT2D eigenvalue weighted by molar-refractivity contribution is 7.89. The summed E-state index contributed by atoms with van der Waals surface area (Å²) in [4.78, 5) is 10.6. The fourth-order valence-electron chi connectivity index (χ4n) is 1.48. The first-order valence-corrected chi connectivity index (χ1v) is 7.80. The minimum absolute atomic E-state index is 0.0538. The summed E-state index contributed by atoms with van der Waals surface area (Å²) >= 11 is 11.5. The molecule has 0 bridgehead atoms. The molecule has 2 N–H and O–H groups in total. The van der Waals surface area contributed by atoms with Crippen LogP contribution >= 0.6 is 23.2 Å². The van der Waals surface area contributed by atoms with Crippen LogP contribution in [0.1, 0.15) is 16.3 Å². The summed E-state index contributed by atoms with van der Waals surface area (Å²) in [5.41, 5.74) is 0. The van der Waals surface area contributed by atoms with E-state index >= 15 is 0 Å². The van der Waals surface area contributed by atoms with Crippen LogP contribution in [-0.2, 0) is 16.6 Å². The van der Waals surface area contributed by atoms with E-state index in [1.54, 1.807) is 0 Å². The fraction of sp³-hybridized carbons (Fsp3) is 0.0833. The van der Waals surface area contributed by atoms with Gasteiger partial charge in [0.15, 0.2) is 0 Å². The van der Waals surface area contributed by atoms with E-state index < -0.39 is 16.0 Å². The average molecular weight is 350 g/mol. The maximum absolute atomic E-state index is 12.0. The summed E-state index contributed by atoms with van der Waals surface area (Å²) in [6, 6.07) is 6.51. The van der Waals surface area contributed by atoms with Crippen LogP contribution in [-0.4, -0.2) is 19.5 Å². The molecule has 0 aliphatic heterocycles. The number of benzene rings is 1. The van der Waals surface area contributed by atoms with Crippen molar-refractivity contribution in [2.75, 3.05) is 0 Å². The molecule has 0 amide bonds. The van der Waals surface area contributed by atoms with Gasteiger partial charge in [0.2, 0.25) is 15.8 Å². The predicted molar refractivity (Wildman–Crippen MR) is 76.2 cm³/mol. The Kier molecular flexibility index (Phi) is 4.58. The molecular formula is C12H9Cl2NO5S. The standard InChI is InChI=1S/C12H9Cl2NO5S/c13-9-3-2-8(5-10(9)14)21(18,19)15-6-7-1-4-11(20-7)12(16)17/h1-5,15H,6H2,(H,16,17). The molecule has 0 saturated carbocycles. The Labute approximate surface area is 130 Å². The Balaban J connectivity index is 2.13. The van der Waals surface area contributed by atoms with E-state index in [9.17, 15) is 13.2 Å². The number of halogens is 2. The lowest BCUT2D eigenvalue weighted by Crippen LogP contribution is -2.23. The lowest BCUT2D eigenvalue weighted by molar-refractivity contribution is 0.0660. The Hall–Kier alpha value is -1.54. The highest BCUT2D eigenvalue weighted by atomic mass is 35.5. The molecule has 1 aromatic heterocycles. The smallest absolute Gasteiger partial charge is 0.371 e. The van der Waals surface area contributed by atoms with Gasteiger partial charge in [-0.2, -0.15) is 0 Å². The minimum atomic E-state index is -3.81. The number of carbonyl (C=O) groups is 1. The van der Waals surface area contributed by atoms with E-state index in [1.165, 1.54) is 30.3 Å². The SMILES string of the molecule is O=C(O)c1ccc(CNS(=O)(=O)c2ccc(Cl)c(Cl)c2)o1. The van der Waals surface area contributed by atoms with Gasteiger partial charge >= 0.3 is 5.97 Å². The molecule has 6 nitrogen and oxygen atoms in total. The molecule has 0 aliphatic rings. The zero-order valence-corrected chi connectivity index (χ0v) is 12.7. The first-order valence-electron chi connectivity index (χ1n) is 5.56. The molecule has 2 aromatic rings. The van der Waals surface area contributed by atoms with E-state index in [0.717, 1.165) is 0 Å². The molecular weight excluding hydrogens is 341 g/mol. The van der Waals surface area contributed by atoms with Crippen molar-refractivity contribution in [3.8, 4) is 0 Å². The van der Waals surface area contributed by atoms with E-state index in [4.69, 9.17) is 32.7 Å². The lowest BCUT2D eigenvalue weighted by atomic mass is 10.4. The van der Waals surface area contributed by atoms with E-state index in [2.05, 4.69) is 4.72 Å². The number of carboxylic acids is 1.